The molecule has 0 spiro atoms. The quantitative estimate of drug-likeness (QED) is 0.752. The summed E-state index contributed by atoms with van der Waals surface area (Å²) in [6.07, 6.45) is 1.13. The third-order valence-corrected chi connectivity index (χ3v) is 2.15. The summed E-state index contributed by atoms with van der Waals surface area (Å²) in [6.45, 7) is 3.48. The fraction of sp³-hybridized carbons (Fsp3) is 0.250. The Morgan fingerprint density at radius 1 is 1.53 bits per heavy atom. The molecule has 80 valence electrons. The second-order valence-electron chi connectivity index (χ2n) is 3.26. The van der Waals surface area contributed by atoms with E-state index in [1.165, 1.54) is 0 Å². The van der Waals surface area contributed by atoms with Gasteiger partial charge in [0.2, 0.25) is 0 Å². The lowest BCUT2D eigenvalue weighted by atomic mass is 10.1. The SMILES string of the molecule is C=C(CCc1cccc(OC)c1)C(=O)O. The van der Waals surface area contributed by atoms with Crippen molar-refractivity contribution in [1.82, 2.24) is 0 Å². The van der Waals surface area contributed by atoms with Crippen molar-refractivity contribution in [2.45, 2.75) is 12.8 Å². The second-order valence-corrected chi connectivity index (χ2v) is 3.26. The molecule has 0 radical (unpaired) electrons. The van der Waals surface area contributed by atoms with Crippen LogP contribution in [-0.4, -0.2) is 18.2 Å². The molecule has 3 nitrogen and oxygen atoms in total. The number of rotatable bonds is 5. The zero-order chi connectivity index (χ0) is 11.3. The summed E-state index contributed by atoms with van der Waals surface area (Å²) >= 11 is 0. The second kappa shape index (κ2) is 5.20. The first-order chi connectivity index (χ1) is 7.13. The van der Waals surface area contributed by atoms with Crippen LogP contribution in [-0.2, 0) is 11.2 Å². The van der Waals surface area contributed by atoms with Crippen molar-refractivity contribution in [3.63, 3.8) is 0 Å². The first-order valence-electron chi connectivity index (χ1n) is 4.67. The van der Waals surface area contributed by atoms with Crippen LogP contribution in [0.5, 0.6) is 5.75 Å². The normalized spacial score (nSPS) is 9.67. The van der Waals surface area contributed by atoms with Crippen molar-refractivity contribution in [2.75, 3.05) is 7.11 Å². The first kappa shape index (κ1) is 11.3. The van der Waals surface area contributed by atoms with Crippen LogP contribution < -0.4 is 4.74 Å². The van der Waals surface area contributed by atoms with E-state index in [9.17, 15) is 4.79 Å². The molecule has 1 rings (SSSR count). The number of aryl methyl sites for hydroxylation is 1. The van der Waals surface area contributed by atoms with E-state index in [0.29, 0.717) is 12.8 Å². The van der Waals surface area contributed by atoms with E-state index in [1.54, 1.807) is 7.11 Å². The van der Waals surface area contributed by atoms with E-state index in [4.69, 9.17) is 9.84 Å². The van der Waals surface area contributed by atoms with Crippen LogP contribution in [0.3, 0.4) is 0 Å². The minimum Gasteiger partial charge on any atom is -0.497 e. The van der Waals surface area contributed by atoms with Gasteiger partial charge >= 0.3 is 5.97 Å². The Morgan fingerprint density at radius 3 is 2.87 bits per heavy atom. The average Bonchev–Trinajstić information content (AvgIpc) is 2.26. The van der Waals surface area contributed by atoms with Crippen LogP contribution in [0.4, 0.5) is 0 Å². The van der Waals surface area contributed by atoms with Crippen LogP contribution >= 0.6 is 0 Å². The third-order valence-electron chi connectivity index (χ3n) is 2.15. The molecular weight excluding hydrogens is 192 g/mol. The number of benzene rings is 1. The van der Waals surface area contributed by atoms with Crippen molar-refractivity contribution in [3.05, 3.63) is 42.0 Å². The summed E-state index contributed by atoms with van der Waals surface area (Å²) in [5, 5.41) is 8.64. The maximum Gasteiger partial charge on any atom is 0.330 e. The third kappa shape index (κ3) is 3.46. The molecule has 0 unspecified atom stereocenters. The van der Waals surface area contributed by atoms with Crippen LogP contribution in [0.25, 0.3) is 0 Å². The van der Waals surface area contributed by atoms with Crippen LogP contribution in [0, 0.1) is 0 Å². The van der Waals surface area contributed by atoms with Gasteiger partial charge in [-0.05, 0) is 30.5 Å². The molecule has 0 bridgehead atoms. The monoisotopic (exact) mass is 206 g/mol. The van der Waals surface area contributed by atoms with Crippen LogP contribution in [0.1, 0.15) is 12.0 Å². The molecule has 0 amide bonds. The Morgan fingerprint density at radius 2 is 2.27 bits per heavy atom. The Hall–Kier alpha value is -1.77. The smallest absolute Gasteiger partial charge is 0.330 e. The lowest BCUT2D eigenvalue weighted by molar-refractivity contribution is -0.132. The number of aliphatic carboxylic acids is 1. The first-order valence-corrected chi connectivity index (χ1v) is 4.67. The minimum absolute atomic E-state index is 0.234. The lowest BCUT2D eigenvalue weighted by Crippen LogP contribution is -2.00. The molecular formula is C12H14O3. The molecule has 15 heavy (non-hydrogen) atoms. The molecule has 1 aromatic carbocycles. The van der Waals surface area contributed by atoms with Crippen molar-refractivity contribution < 1.29 is 14.6 Å². The molecule has 0 saturated carbocycles. The topological polar surface area (TPSA) is 46.5 Å². The van der Waals surface area contributed by atoms with Gasteiger partial charge in [0.25, 0.3) is 0 Å². The Labute approximate surface area is 89.0 Å². The highest BCUT2D eigenvalue weighted by Crippen LogP contribution is 2.15. The van der Waals surface area contributed by atoms with Gasteiger partial charge in [0.1, 0.15) is 5.75 Å². The molecule has 0 aliphatic rings. The molecule has 0 aromatic heterocycles. The van der Waals surface area contributed by atoms with E-state index in [0.717, 1.165) is 11.3 Å². The van der Waals surface area contributed by atoms with Gasteiger partial charge in [-0.1, -0.05) is 18.7 Å². The largest absolute Gasteiger partial charge is 0.497 e. The van der Waals surface area contributed by atoms with Gasteiger partial charge in [-0.2, -0.15) is 0 Å². The van der Waals surface area contributed by atoms with Gasteiger partial charge in [-0.15, -0.1) is 0 Å². The van der Waals surface area contributed by atoms with Crippen molar-refractivity contribution in [1.29, 1.82) is 0 Å². The zero-order valence-corrected chi connectivity index (χ0v) is 8.69. The molecule has 1 N–H and O–H groups in total. The van der Waals surface area contributed by atoms with E-state index in [-0.39, 0.29) is 5.57 Å². The minimum atomic E-state index is -0.933. The predicted octanol–water partition coefficient (Wildman–Crippen LogP) is 2.27. The summed E-state index contributed by atoms with van der Waals surface area (Å²) in [5.41, 5.74) is 1.29. The maximum atomic E-state index is 10.5. The van der Waals surface area contributed by atoms with E-state index >= 15 is 0 Å². The number of hydrogen-bond acceptors (Lipinski definition) is 2. The predicted molar refractivity (Wildman–Crippen MR) is 58.1 cm³/mol. The Bertz CT molecular complexity index is 369. The summed E-state index contributed by atoms with van der Waals surface area (Å²) < 4.78 is 5.07. The molecule has 3 heteroatoms. The van der Waals surface area contributed by atoms with Gasteiger partial charge in [-0.3, -0.25) is 0 Å². The van der Waals surface area contributed by atoms with Crippen molar-refractivity contribution in [2.24, 2.45) is 0 Å². The van der Waals surface area contributed by atoms with E-state index in [2.05, 4.69) is 6.58 Å². The maximum absolute atomic E-state index is 10.5. The van der Waals surface area contributed by atoms with E-state index < -0.39 is 5.97 Å². The van der Waals surface area contributed by atoms with Gasteiger partial charge < -0.3 is 9.84 Å². The van der Waals surface area contributed by atoms with Gasteiger partial charge in [0.15, 0.2) is 0 Å². The van der Waals surface area contributed by atoms with Gasteiger partial charge in [-0.25, -0.2) is 4.79 Å². The van der Waals surface area contributed by atoms with Crippen molar-refractivity contribution in [3.8, 4) is 5.75 Å². The molecule has 0 aliphatic heterocycles. The standard InChI is InChI=1S/C12H14O3/c1-9(12(13)14)6-7-10-4-3-5-11(8-10)15-2/h3-5,8H,1,6-7H2,2H3,(H,13,14). The summed E-state index contributed by atoms with van der Waals surface area (Å²) in [5.74, 6) is -0.147. The number of carboxylic acid groups (broad SMARTS) is 1. The average molecular weight is 206 g/mol. The molecule has 1 aromatic rings. The highest BCUT2D eigenvalue weighted by atomic mass is 16.5. The van der Waals surface area contributed by atoms with Crippen LogP contribution in [0.15, 0.2) is 36.4 Å². The summed E-state index contributed by atoms with van der Waals surface area (Å²) in [6, 6.07) is 7.58. The van der Waals surface area contributed by atoms with Gasteiger partial charge in [0, 0.05) is 5.57 Å². The zero-order valence-electron chi connectivity index (χ0n) is 8.69. The fourth-order valence-corrected chi connectivity index (χ4v) is 1.23. The molecule has 0 aliphatic carbocycles. The summed E-state index contributed by atoms with van der Waals surface area (Å²) in [4.78, 5) is 10.5. The number of carboxylic acids is 1. The number of ether oxygens (including phenoxy) is 1. The molecule has 0 saturated heterocycles. The number of carbonyl (C=O) groups is 1. The molecule has 0 fully saturated rings. The molecule has 0 heterocycles. The lowest BCUT2D eigenvalue weighted by Gasteiger charge is -2.04. The fourth-order valence-electron chi connectivity index (χ4n) is 1.23. The number of hydrogen-bond donors (Lipinski definition) is 1. The highest BCUT2D eigenvalue weighted by Gasteiger charge is 2.04. The van der Waals surface area contributed by atoms with E-state index in [1.807, 2.05) is 24.3 Å². The Balaban J connectivity index is 2.57. The molecule has 0 atom stereocenters. The van der Waals surface area contributed by atoms with Gasteiger partial charge in [0.05, 0.1) is 7.11 Å². The summed E-state index contributed by atoms with van der Waals surface area (Å²) in [7, 11) is 1.61. The highest BCUT2D eigenvalue weighted by molar-refractivity contribution is 5.85. The number of methoxy groups -OCH3 is 1. The Kier molecular flexibility index (Phi) is 3.92. The van der Waals surface area contributed by atoms with Crippen LogP contribution in [0.2, 0.25) is 0 Å². The van der Waals surface area contributed by atoms with Crippen molar-refractivity contribution >= 4 is 5.97 Å².